The molecule has 5 heteroatoms. The molecule has 0 aromatic heterocycles. The van der Waals surface area contributed by atoms with Crippen LogP contribution in [0.4, 0.5) is 0 Å². The van der Waals surface area contributed by atoms with E-state index in [-0.39, 0.29) is 17.4 Å². The quantitative estimate of drug-likeness (QED) is 0.849. The predicted molar refractivity (Wildman–Crippen MR) is 83.6 cm³/mol. The van der Waals surface area contributed by atoms with Crippen molar-refractivity contribution < 1.29 is 14.1 Å². The van der Waals surface area contributed by atoms with Crippen LogP contribution in [0.2, 0.25) is 0 Å². The van der Waals surface area contributed by atoms with Crippen LogP contribution in [0, 0.1) is 5.92 Å². The van der Waals surface area contributed by atoms with Crippen LogP contribution < -0.4 is 5.32 Å². The van der Waals surface area contributed by atoms with Gasteiger partial charge in [0, 0.05) is 11.4 Å². The fourth-order valence-corrected chi connectivity index (χ4v) is 3.69. The van der Waals surface area contributed by atoms with Crippen LogP contribution in [0.25, 0.3) is 0 Å². The van der Waals surface area contributed by atoms with E-state index < -0.39 is 10.8 Å². The molecule has 1 atom stereocenters. The van der Waals surface area contributed by atoms with Gasteiger partial charge in [-0.15, -0.1) is 0 Å². The Kier molecular flexibility index (Phi) is 6.23. The topological polar surface area (TPSA) is 66.4 Å². The van der Waals surface area contributed by atoms with E-state index in [0.29, 0.717) is 11.4 Å². The molecular weight excluding hydrogens is 286 g/mol. The molecule has 4 nitrogen and oxygen atoms in total. The minimum Gasteiger partial charge on any atom is -0.508 e. The molecule has 1 aromatic carbocycles. The van der Waals surface area contributed by atoms with Gasteiger partial charge in [0.05, 0.1) is 10.8 Å². The first-order valence-corrected chi connectivity index (χ1v) is 8.91. The summed E-state index contributed by atoms with van der Waals surface area (Å²) < 4.78 is 12.0. The Morgan fingerprint density at radius 1 is 1.19 bits per heavy atom. The third-order valence-corrected chi connectivity index (χ3v) is 5.28. The second-order valence-corrected chi connectivity index (χ2v) is 7.08. The van der Waals surface area contributed by atoms with E-state index in [4.69, 9.17) is 0 Å². The highest BCUT2D eigenvalue weighted by molar-refractivity contribution is 7.85. The van der Waals surface area contributed by atoms with Crippen molar-refractivity contribution in [3.63, 3.8) is 0 Å². The summed E-state index contributed by atoms with van der Waals surface area (Å²) in [5.74, 6) is 0.682. The number of amides is 1. The normalized spacial score (nSPS) is 17.3. The van der Waals surface area contributed by atoms with E-state index in [2.05, 4.69) is 5.32 Å². The SMILES string of the molecule is O=C(C[S@](=O)c1ccc(O)cc1)NCCC1CCCCC1. The molecule has 116 valence electrons. The molecule has 0 radical (unpaired) electrons. The minimum atomic E-state index is -1.35. The van der Waals surface area contributed by atoms with Crippen molar-refractivity contribution in [2.75, 3.05) is 12.3 Å². The Balaban J connectivity index is 1.68. The molecule has 0 heterocycles. The van der Waals surface area contributed by atoms with Crippen molar-refractivity contribution in [1.82, 2.24) is 5.32 Å². The summed E-state index contributed by atoms with van der Waals surface area (Å²) in [5, 5.41) is 12.0. The molecular formula is C16H23NO3S. The lowest BCUT2D eigenvalue weighted by Crippen LogP contribution is -2.30. The van der Waals surface area contributed by atoms with Gasteiger partial charge in [-0.25, -0.2) is 0 Å². The van der Waals surface area contributed by atoms with Crippen molar-refractivity contribution in [1.29, 1.82) is 0 Å². The molecule has 1 aliphatic carbocycles. The van der Waals surface area contributed by atoms with Crippen LogP contribution in [-0.2, 0) is 15.6 Å². The fourth-order valence-electron chi connectivity index (χ4n) is 2.74. The number of phenols is 1. The van der Waals surface area contributed by atoms with Crippen LogP contribution in [0.1, 0.15) is 38.5 Å². The number of phenolic OH excluding ortho intramolecular Hbond substituents is 1. The Morgan fingerprint density at radius 3 is 2.52 bits per heavy atom. The van der Waals surface area contributed by atoms with Gasteiger partial charge < -0.3 is 10.4 Å². The van der Waals surface area contributed by atoms with Crippen molar-refractivity contribution in [3.8, 4) is 5.75 Å². The number of rotatable bonds is 6. The number of carbonyl (C=O) groups excluding carboxylic acids is 1. The number of nitrogens with one attached hydrogen (secondary N) is 1. The van der Waals surface area contributed by atoms with E-state index in [1.165, 1.54) is 44.2 Å². The maximum atomic E-state index is 12.0. The van der Waals surface area contributed by atoms with Gasteiger partial charge in [0.1, 0.15) is 11.5 Å². The van der Waals surface area contributed by atoms with Gasteiger partial charge in [0.15, 0.2) is 0 Å². The van der Waals surface area contributed by atoms with E-state index in [9.17, 15) is 14.1 Å². The molecule has 0 unspecified atom stereocenters. The number of benzene rings is 1. The zero-order chi connectivity index (χ0) is 15.1. The lowest BCUT2D eigenvalue weighted by Gasteiger charge is -2.21. The third kappa shape index (κ3) is 5.50. The summed E-state index contributed by atoms with van der Waals surface area (Å²) in [5.41, 5.74) is 0. The summed E-state index contributed by atoms with van der Waals surface area (Å²) in [6.07, 6.45) is 7.53. The number of aromatic hydroxyl groups is 1. The van der Waals surface area contributed by atoms with Crippen molar-refractivity contribution in [2.45, 2.75) is 43.4 Å². The van der Waals surface area contributed by atoms with Gasteiger partial charge in [0.2, 0.25) is 5.91 Å². The van der Waals surface area contributed by atoms with Crippen LogP contribution in [0.3, 0.4) is 0 Å². The highest BCUT2D eigenvalue weighted by Gasteiger charge is 2.14. The summed E-state index contributed by atoms with van der Waals surface area (Å²) in [6, 6.07) is 6.13. The van der Waals surface area contributed by atoms with Gasteiger partial charge >= 0.3 is 0 Å². The number of hydrogen-bond acceptors (Lipinski definition) is 3. The van der Waals surface area contributed by atoms with E-state index in [1.807, 2.05) is 0 Å². The monoisotopic (exact) mass is 309 g/mol. The first-order chi connectivity index (χ1) is 10.1. The smallest absolute Gasteiger partial charge is 0.232 e. The molecule has 21 heavy (non-hydrogen) atoms. The molecule has 2 rings (SSSR count). The van der Waals surface area contributed by atoms with Crippen molar-refractivity contribution >= 4 is 16.7 Å². The molecule has 1 saturated carbocycles. The maximum Gasteiger partial charge on any atom is 0.232 e. The van der Waals surface area contributed by atoms with Crippen LogP contribution in [0.15, 0.2) is 29.2 Å². The van der Waals surface area contributed by atoms with Gasteiger partial charge in [-0.2, -0.15) is 0 Å². The largest absolute Gasteiger partial charge is 0.508 e. The van der Waals surface area contributed by atoms with Gasteiger partial charge in [-0.1, -0.05) is 32.1 Å². The summed E-state index contributed by atoms with van der Waals surface area (Å²) in [7, 11) is -1.35. The molecule has 1 aliphatic rings. The van der Waals surface area contributed by atoms with Gasteiger partial charge in [0.25, 0.3) is 0 Å². The zero-order valence-corrected chi connectivity index (χ0v) is 13.0. The van der Waals surface area contributed by atoms with E-state index in [0.717, 1.165) is 12.3 Å². The number of carbonyl (C=O) groups is 1. The molecule has 2 N–H and O–H groups in total. The second-order valence-electron chi connectivity index (χ2n) is 5.63. The van der Waals surface area contributed by atoms with Gasteiger partial charge in [-0.05, 0) is 36.6 Å². The van der Waals surface area contributed by atoms with Gasteiger partial charge in [-0.3, -0.25) is 9.00 Å². The highest BCUT2D eigenvalue weighted by Crippen LogP contribution is 2.25. The lowest BCUT2D eigenvalue weighted by molar-refractivity contribution is -0.118. The lowest BCUT2D eigenvalue weighted by atomic mass is 9.87. The predicted octanol–water partition coefficient (Wildman–Crippen LogP) is 2.59. The Hall–Kier alpha value is -1.36. The molecule has 0 saturated heterocycles. The molecule has 1 aromatic rings. The Morgan fingerprint density at radius 2 is 1.86 bits per heavy atom. The second kappa shape index (κ2) is 8.17. The summed E-state index contributed by atoms with van der Waals surface area (Å²) in [4.78, 5) is 12.3. The van der Waals surface area contributed by atoms with E-state index >= 15 is 0 Å². The molecule has 0 aliphatic heterocycles. The fraction of sp³-hybridized carbons (Fsp3) is 0.562. The van der Waals surface area contributed by atoms with Crippen LogP contribution in [0.5, 0.6) is 5.75 Å². The Bertz CT molecular complexity index is 481. The molecule has 0 spiro atoms. The summed E-state index contributed by atoms with van der Waals surface area (Å²) in [6.45, 7) is 0.677. The highest BCUT2D eigenvalue weighted by atomic mass is 32.2. The molecule has 0 bridgehead atoms. The average molecular weight is 309 g/mol. The van der Waals surface area contributed by atoms with Crippen LogP contribution >= 0.6 is 0 Å². The zero-order valence-electron chi connectivity index (χ0n) is 12.2. The van der Waals surface area contributed by atoms with Crippen molar-refractivity contribution in [2.24, 2.45) is 5.92 Å². The standard InChI is InChI=1S/C16H23NO3S/c18-14-6-8-15(9-7-14)21(20)12-16(19)17-11-10-13-4-2-1-3-5-13/h6-9,13,18H,1-5,10-12H2,(H,17,19)/t21-/m0/s1. The molecule has 1 fully saturated rings. The van der Waals surface area contributed by atoms with E-state index in [1.54, 1.807) is 12.1 Å². The minimum absolute atomic E-state index is 0.0184. The first kappa shape index (κ1) is 16.0. The van der Waals surface area contributed by atoms with Crippen LogP contribution in [-0.4, -0.2) is 27.5 Å². The molecule has 1 amide bonds. The average Bonchev–Trinajstić information content (AvgIpc) is 2.49. The Labute approximate surface area is 128 Å². The first-order valence-electron chi connectivity index (χ1n) is 7.59. The third-order valence-electron chi connectivity index (χ3n) is 3.96. The summed E-state index contributed by atoms with van der Waals surface area (Å²) >= 11 is 0. The number of hydrogen-bond donors (Lipinski definition) is 2. The van der Waals surface area contributed by atoms with Crippen molar-refractivity contribution in [3.05, 3.63) is 24.3 Å². The maximum absolute atomic E-state index is 12.0.